The summed E-state index contributed by atoms with van der Waals surface area (Å²) in [6.07, 6.45) is 0. The van der Waals surface area contributed by atoms with Gasteiger partial charge in [-0.1, -0.05) is 56.3 Å². The van der Waals surface area contributed by atoms with Crippen molar-refractivity contribution in [3.63, 3.8) is 0 Å². The number of para-hydroxylation sites is 1. The van der Waals surface area contributed by atoms with Crippen LogP contribution in [-0.2, 0) is 13.2 Å². The number of carbonyl (C=O) groups is 1. The van der Waals surface area contributed by atoms with E-state index in [-0.39, 0.29) is 12.6 Å². The molecule has 25 heavy (non-hydrogen) atoms. The lowest BCUT2D eigenvalue weighted by molar-refractivity contribution is 0.235. The van der Waals surface area contributed by atoms with Crippen molar-refractivity contribution >= 4 is 6.03 Å². The fourth-order valence-corrected chi connectivity index (χ4v) is 2.54. The van der Waals surface area contributed by atoms with Gasteiger partial charge in [0, 0.05) is 6.54 Å². The zero-order chi connectivity index (χ0) is 18.1. The van der Waals surface area contributed by atoms with Crippen LogP contribution in [0.3, 0.4) is 0 Å². The average molecular weight is 342 g/mol. The normalized spacial score (nSPS) is 10.6. The SMILES string of the molecule is CC(C)c1ccccc1OCCNC(=O)NCc1ccccc1CO. The van der Waals surface area contributed by atoms with Gasteiger partial charge in [0.1, 0.15) is 12.4 Å². The molecule has 134 valence electrons. The minimum atomic E-state index is -0.256. The first-order valence-electron chi connectivity index (χ1n) is 8.53. The van der Waals surface area contributed by atoms with Crippen LogP contribution in [0.5, 0.6) is 5.75 Å². The van der Waals surface area contributed by atoms with Crippen LogP contribution in [0, 0.1) is 0 Å². The van der Waals surface area contributed by atoms with E-state index in [2.05, 4.69) is 30.5 Å². The Hall–Kier alpha value is -2.53. The van der Waals surface area contributed by atoms with Crippen molar-refractivity contribution in [2.45, 2.75) is 32.9 Å². The van der Waals surface area contributed by atoms with Crippen molar-refractivity contribution in [1.82, 2.24) is 10.6 Å². The first-order valence-corrected chi connectivity index (χ1v) is 8.53. The maximum atomic E-state index is 11.9. The molecule has 0 radical (unpaired) electrons. The number of hydrogen-bond donors (Lipinski definition) is 3. The summed E-state index contributed by atoms with van der Waals surface area (Å²) in [5, 5.41) is 14.8. The van der Waals surface area contributed by atoms with E-state index in [1.807, 2.05) is 42.5 Å². The molecule has 2 aromatic rings. The number of nitrogens with one attached hydrogen (secondary N) is 2. The molecule has 3 N–H and O–H groups in total. The van der Waals surface area contributed by atoms with Crippen LogP contribution in [0.15, 0.2) is 48.5 Å². The Labute approximate surface area is 149 Å². The minimum absolute atomic E-state index is 0.0391. The Morgan fingerprint density at radius 2 is 1.72 bits per heavy atom. The van der Waals surface area contributed by atoms with Gasteiger partial charge >= 0.3 is 6.03 Å². The molecular weight excluding hydrogens is 316 g/mol. The number of benzene rings is 2. The topological polar surface area (TPSA) is 70.6 Å². The average Bonchev–Trinajstić information content (AvgIpc) is 2.64. The summed E-state index contributed by atoms with van der Waals surface area (Å²) in [5.74, 6) is 1.25. The highest BCUT2D eigenvalue weighted by Gasteiger charge is 2.07. The smallest absolute Gasteiger partial charge is 0.315 e. The number of urea groups is 1. The molecule has 0 atom stereocenters. The van der Waals surface area contributed by atoms with Crippen LogP contribution in [0.4, 0.5) is 4.79 Å². The number of amides is 2. The van der Waals surface area contributed by atoms with Crippen LogP contribution in [0.2, 0.25) is 0 Å². The lowest BCUT2D eigenvalue weighted by Crippen LogP contribution is -2.37. The third-order valence-corrected chi connectivity index (χ3v) is 3.91. The number of aliphatic hydroxyl groups excluding tert-OH is 1. The Bertz CT molecular complexity index is 686. The molecule has 0 heterocycles. The van der Waals surface area contributed by atoms with E-state index in [1.54, 1.807) is 0 Å². The highest BCUT2D eigenvalue weighted by atomic mass is 16.5. The monoisotopic (exact) mass is 342 g/mol. The molecule has 0 unspecified atom stereocenters. The van der Waals surface area contributed by atoms with E-state index in [0.29, 0.717) is 25.6 Å². The summed E-state index contributed by atoms with van der Waals surface area (Å²) < 4.78 is 5.77. The quantitative estimate of drug-likeness (QED) is 0.645. The Kier molecular flexibility index (Phi) is 7.29. The highest BCUT2D eigenvalue weighted by Crippen LogP contribution is 2.25. The van der Waals surface area contributed by atoms with Crippen LogP contribution in [0.1, 0.15) is 36.5 Å². The van der Waals surface area contributed by atoms with Gasteiger partial charge in [-0.05, 0) is 28.7 Å². The van der Waals surface area contributed by atoms with Gasteiger partial charge in [-0.25, -0.2) is 4.79 Å². The molecule has 2 aromatic carbocycles. The summed E-state index contributed by atoms with van der Waals surface area (Å²) in [4.78, 5) is 11.9. The summed E-state index contributed by atoms with van der Waals surface area (Å²) >= 11 is 0. The maximum absolute atomic E-state index is 11.9. The van der Waals surface area contributed by atoms with E-state index in [0.717, 1.165) is 22.4 Å². The van der Waals surface area contributed by atoms with Crippen LogP contribution >= 0.6 is 0 Å². The van der Waals surface area contributed by atoms with Gasteiger partial charge in [-0.3, -0.25) is 0 Å². The number of aliphatic hydroxyl groups is 1. The molecule has 0 saturated carbocycles. The molecule has 0 spiro atoms. The second-order valence-corrected chi connectivity index (χ2v) is 6.08. The fourth-order valence-electron chi connectivity index (χ4n) is 2.54. The van der Waals surface area contributed by atoms with E-state index in [1.165, 1.54) is 0 Å². The summed E-state index contributed by atoms with van der Waals surface area (Å²) in [6, 6.07) is 15.2. The number of rotatable bonds is 8. The Morgan fingerprint density at radius 1 is 1.04 bits per heavy atom. The molecule has 0 aliphatic heterocycles. The minimum Gasteiger partial charge on any atom is -0.491 e. The zero-order valence-corrected chi connectivity index (χ0v) is 14.8. The number of hydrogen-bond acceptors (Lipinski definition) is 3. The molecule has 0 aliphatic rings. The van der Waals surface area contributed by atoms with E-state index in [9.17, 15) is 9.90 Å². The van der Waals surface area contributed by atoms with Crippen molar-refractivity contribution in [2.75, 3.05) is 13.2 Å². The van der Waals surface area contributed by atoms with Crippen molar-refractivity contribution in [3.05, 3.63) is 65.2 Å². The lowest BCUT2D eigenvalue weighted by Gasteiger charge is -2.14. The van der Waals surface area contributed by atoms with Crippen LogP contribution in [0.25, 0.3) is 0 Å². The van der Waals surface area contributed by atoms with Gasteiger partial charge in [0.25, 0.3) is 0 Å². The van der Waals surface area contributed by atoms with E-state index < -0.39 is 0 Å². The highest BCUT2D eigenvalue weighted by molar-refractivity contribution is 5.73. The Morgan fingerprint density at radius 3 is 2.44 bits per heavy atom. The van der Waals surface area contributed by atoms with E-state index in [4.69, 9.17) is 4.74 Å². The molecule has 5 heteroatoms. The molecule has 0 aromatic heterocycles. The van der Waals surface area contributed by atoms with Gasteiger partial charge in [-0.2, -0.15) is 0 Å². The van der Waals surface area contributed by atoms with E-state index >= 15 is 0 Å². The van der Waals surface area contributed by atoms with Gasteiger partial charge < -0.3 is 20.5 Å². The number of ether oxygens (including phenoxy) is 1. The molecule has 5 nitrogen and oxygen atoms in total. The predicted molar refractivity (Wildman–Crippen MR) is 98.6 cm³/mol. The zero-order valence-electron chi connectivity index (χ0n) is 14.8. The third kappa shape index (κ3) is 5.80. The maximum Gasteiger partial charge on any atom is 0.315 e. The molecule has 2 amide bonds. The van der Waals surface area contributed by atoms with Crippen molar-refractivity contribution in [1.29, 1.82) is 0 Å². The van der Waals surface area contributed by atoms with Gasteiger partial charge in [0.05, 0.1) is 13.2 Å². The van der Waals surface area contributed by atoms with Crippen molar-refractivity contribution < 1.29 is 14.6 Å². The first kappa shape index (κ1) is 18.8. The largest absolute Gasteiger partial charge is 0.491 e. The third-order valence-electron chi connectivity index (χ3n) is 3.91. The van der Waals surface area contributed by atoms with Gasteiger partial charge in [-0.15, -0.1) is 0 Å². The molecule has 0 aliphatic carbocycles. The van der Waals surface area contributed by atoms with Gasteiger partial charge in [0.2, 0.25) is 0 Å². The van der Waals surface area contributed by atoms with Crippen molar-refractivity contribution in [3.8, 4) is 5.75 Å². The molecule has 0 fully saturated rings. The summed E-state index contributed by atoms with van der Waals surface area (Å²) in [6.45, 7) is 5.41. The molecule has 0 bridgehead atoms. The van der Waals surface area contributed by atoms with Gasteiger partial charge in [0.15, 0.2) is 0 Å². The second kappa shape index (κ2) is 9.69. The number of carbonyl (C=O) groups excluding carboxylic acids is 1. The van der Waals surface area contributed by atoms with Crippen molar-refractivity contribution in [2.24, 2.45) is 0 Å². The second-order valence-electron chi connectivity index (χ2n) is 6.08. The lowest BCUT2D eigenvalue weighted by atomic mass is 10.0. The van der Waals surface area contributed by atoms with Crippen LogP contribution < -0.4 is 15.4 Å². The fraction of sp³-hybridized carbons (Fsp3) is 0.350. The molecule has 2 rings (SSSR count). The van der Waals surface area contributed by atoms with Crippen LogP contribution in [-0.4, -0.2) is 24.3 Å². The predicted octanol–water partition coefficient (Wildman–Crippen LogP) is 3.18. The Balaban J connectivity index is 1.72. The molecular formula is C20H26N2O3. The summed E-state index contributed by atoms with van der Waals surface area (Å²) in [7, 11) is 0. The standard InChI is InChI=1S/C20H26N2O3/c1-15(2)18-9-5-6-10-19(18)25-12-11-21-20(24)22-13-16-7-3-4-8-17(16)14-23/h3-10,15,23H,11-14H2,1-2H3,(H2,21,22,24). The first-order chi connectivity index (χ1) is 12.1. The molecule has 0 saturated heterocycles. The summed E-state index contributed by atoms with van der Waals surface area (Å²) in [5.41, 5.74) is 2.88.